The van der Waals surface area contributed by atoms with E-state index in [1.54, 1.807) is 24.3 Å². The molecule has 116 valence electrons. The minimum absolute atomic E-state index is 0.00260. The van der Waals surface area contributed by atoms with Crippen LogP contribution >= 0.6 is 0 Å². The average molecular weight is 319 g/mol. The number of anilines is 1. The van der Waals surface area contributed by atoms with Crippen LogP contribution in [-0.4, -0.2) is 21.5 Å². The van der Waals surface area contributed by atoms with Crippen molar-refractivity contribution in [2.75, 3.05) is 11.8 Å². The van der Waals surface area contributed by atoms with Gasteiger partial charge < -0.3 is 4.74 Å². The summed E-state index contributed by atoms with van der Waals surface area (Å²) in [4.78, 5) is 11.6. The summed E-state index contributed by atoms with van der Waals surface area (Å²) in [6, 6.07) is 11.3. The van der Waals surface area contributed by atoms with E-state index in [2.05, 4.69) is 9.46 Å². The predicted molar refractivity (Wildman–Crippen MR) is 84.5 cm³/mol. The van der Waals surface area contributed by atoms with Crippen LogP contribution in [0.1, 0.15) is 21.5 Å². The van der Waals surface area contributed by atoms with Gasteiger partial charge in [-0.25, -0.2) is 13.2 Å². The molecule has 0 heterocycles. The Kier molecular flexibility index (Phi) is 4.51. The maximum absolute atomic E-state index is 12.6. The van der Waals surface area contributed by atoms with Crippen LogP contribution in [-0.2, 0) is 14.8 Å². The van der Waals surface area contributed by atoms with Crippen molar-refractivity contribution in [3.8, 4) is 0 Å². The minimum atomic E-state index is -3.89. The maximum Gasteiger partial charge on any atom is 0.339 e. The molecule has 0 radical (unpaired) electrons. The molecular weight excluding hydrogens is 302 g/mol. The predicted octanol–water partition coefficient (Wildman–Crippen LogP) is 2.89. The monoisotopic (exact) mass is 319 g/mol. The number of aryl methyl sites for hydroxylation is 1. The van der Waals surface area contributed by atoms with Crippen molar-refractivity contribution in [3.63, 3.8) is 0 Å². The molecule has 6 heteroatoms. The Labute approximate surface area is 130 Å². The second-order valence-corrected chi connectivity index (χ2v) is 6.49. The molecule has 0 amide bonds. The van der Waals surface area contributed by atoms with Gasteiger partial charge in [-0.15, -0.1) is 0 Å². The highest BCUT2D eigenvalue weighted by Crippen LogP contribution is 2.24. The average Bonchev–Trinajstić information content (AvgIpc) is 2.51. The van der Waals surface area contributed by atoms with Crippen LogP contribution in [0.3, 0.4) is 0 Å². The van der Waals surface area contributed by atoms with E-state index >= 15 is 0 Å². The van der Waals surface area contributed by atoms with Gasteiger partial charge in [-0.2, -0.15) is 0 Å². The molecular formula is C16H17NO4S. The zero-order valence-electron chi connectivity index (χ0n) is 12.6. The van der Waals surface area contributed by atoms with Crippen molar-refractivity contribution in [1.82, 2.24) is 0 Å². The van der Waals surface area contributed by atoms with Crippen molar-refractivity contribution in [1.29, 1.82) is 0 Å². The van der Waals surface area contributed by atoms with Gasteiger partial charge in [0.25, 0.3) is 10.0 Å². The van der Waals surface area contributed by atoms with Gasteiger partial charge in [0, 0.05) is 0 Å². The van der Waals surface area contributed by atoms with Gasteiger partial charge in [0.2, 0.25) is 0 Å². The van der Waals surface area contributed by atoms with Crippen LogP contribution in [0.5, 0.6) is 0 Å². The zero-order valence-corrected chi connectivity index (χ0v) is 13.4. The highest BCUT2D eigenvalue weighted by atomic mass is 32.2. The number of carbonyl (C=O) groups excluding carboxylic acids is 1. The van der Waals surface area contributed by atoms with E-state index in [1.165, 1.54) is 19.2 Å². The zero-order chi connectivity index (χ0) is 16.3. The molecule has 2 rings (SSSR count). The number of sulfonamides is 1. The Morgan fingerprint density at radius 2 is 1.73 bits per heavy atom. The van der Waals surface area contributed by atoms with E-state index in [0.29, 0.717) is 5.69 Å². The van der Waals surface area contributed by atoms with E-state index in [4.69, 9.17) is 0 Å². The lowest BCUT2D eigenvalue weighted by Crippen LogP contribution is -2.18. The Morgan fingerprint density at radius 1 is 1.05 bits per heavy atom. The van der Waals surface area contributed by atoms with Crippen molar-refractivity contribution in [2.45, 2.75) is 18.7 Å². The van der Waals surface area contributed by atoms with Gasteiger partial charge in [-0.1, -0.05) is 24.3 Å². The summed E-state index contributed by atoms with van der Waals surface area (Å²) >= 11 is 0. The van der Waals surface area contributed by atoms with Crippen molar-refractivity contribution >= 4 is 21.7 Å². The Bertz CT molecular complexity index is 813. The maximum atomic E-state index is 12.6. The second-order valence-electron chi connectivity index (χ2n) is 4.84. The van der Waals surface area contributed by atoms with Crippen LogP contribution in [0.4, 0.5) is 5.69 Å². The molecule has 1 N–H and O–H groups in total. The van der Waals surface area contributed by atoms with E-state index in [9.17, 15) is 13.2 Å². The normalized spacial score (nSPS) is 11.0. The molecule has 0 fully saturated rings. The van der Waals surface area contributed by atoms with Crippen LogP contribution in [0.25, 0.3) is 0 Å². The first-order valence-corrected chi connectivity index (χ1v) is 8.11. The molecule has 0 saturated carbocycles. The summed E-state index contributed by atoms with van der Waals surface area (Å²) in [6.07, 6.45) is 0. The Morgan fingerprint density at radius 3 is 2.41 bits per heavy atom. The van der Waals surface area contributed by atoms with Gasteiger partial charge in [0.1, 0.15) is 4.90 Å². The molecule has 0 atom stereocenters. The molecule has 22 heavy (non-hydrogen) atoms. The Balaban J connectivity index is 2.48. The van der Waals surface area contributed by atoms with Crippen LogP contribution in [0.15, 0.2) is 47.4 Å². The van der Waals surface area contributed by atoms with Gasteiger partial charge in [0.05, 0.1) is 18.4 Å². The molecule has 0 bridgehead atoms. The van der Waals surface area contributed by atoms with Crippen LogP contribution < -0.4 is 4.72 Å². The molecule has 0 aromatic heterocycles. The number of nitrogens with one attached hydrogen (secondary N) is 1. The number of ether oxygens (including phenoxy) is 1. The molecule has 0 aliphatic rings. The molecule has 0 saturated heterocycles. The van der Waals surface area contributed by atoms with E-state index in [0.717, 1.165) is 11.1 Å². The quantitative estimate of drug-likeness (QED) is 0.880. The number of esters is 1. The van der Waals surface area contributed by atoms with Gasteiger partial charge >= 0.3 is 5.97 Å². The summed E-state index contributed by atoms with van der Waals surface area (Å²) in [5.41, 5.74) is 2.30. The van der Waals surface area contributed by atoms with Crippen molar-refractivity contribution in [2.24, 2.45) is 0 Å². The largest absolute Gasteiger partial charge is 0.465 e. The molecule has 0 unspecified atom stereocenters. The first-order chi connectivity index (χ1) is 10.4. The minimum Gasteiger partial charge on any atom is -0.465 e. The lowest BCUT2D eigenvalue weighted by Gasteiger charge is -2.14. The standard InChI is InChI=1S/C16H17NO4S/c1-11-7-6-9-14(12(11)2)17-22(19,20)15-10-5-4-8-13(15)16(18)21-3/h4-10,17H,1-3H3. The Hall–Kier alpha value is -2.34. The van der Waals surface area contributed by atoms with Gasteiger partial charge in [0.15, 0.2) is 0 Å². The number of methoxy groups -OCH3 is 1. The SMILES string of the molecule is COC(=O)c1ccccc1S(=O)(=O)Nc1cccc(C)c1C. The second kappa shape index (κ2) is 6.19. The third-order valence-corrected chi connectivity index (χ3v) is 4.85. The highest BCUT2D eigenvalue weighted by molar-refractivity contribution is 7.92. The topological polar surface area (TPSA) is 72.5 Å². The smallest absolute Gasteiger partial charge is 0.339 e. The summed E-state index contributed by atoms with van der Waals surface area (Å²) < 4.78 is 32.3. The summed E-state index contributed by atoms with van der Waals surface area (Å²) in [5, 5.41) is 0. The molecule has 0 aliphatic heterocycles. The fraction of sp³-hybridized carbons (Fsp3) is 0.188. The highest BCUT2D eigenvalue weighted by Gasteiger charge is 2.23. The molecule has 5 nitrogen and oxygen atoms in total. The third kappa shape index (κ3) is 3.12. The third-order valence-electron chi connectivity index (χ3n) is 3.43. The number of benzene rings is 2. The molecule has 2 aromatic carbocycles. The summed E-state index contributed by atoms with van der Waals surface area (Å²) in [7, 11) is -2.68. The summed E-state index contributed by atoms with van der Waals surface area (Å²) in [6.45, 7) is 3.73. The van der Waals surface area contributed by atoms with Gasteiger partial charge in [-0.3, -0.25) is 4.72 Å². The lowest BCUT2D eigenvalue weighted by molar-refractivity contribution is 0.0596. The fourth-order valence-corrected chi connectivity index (χ4v) is 3.36. The van der Waals surface area contributed by atoms with Crippen LogP contribution in [0, 0.1) is 13.8 Å². The van der Waals surface area contributed by atoms with E-state index in [-0.39, 0.29) is 10.5 Å². The first kappa shape index (κ1) is 16.0. The summed E-state index contributed by atoms with van der Waals surface area (Å²) in [5.74, 6) is -0.693. The lowest BCUT2D eigenvalue weighted by atomic mass is 10.1. The van der Waals surface area contributed by atoms with Crippen molar-refractivity contribution < 1.29 is 17.9 Å². The van der Waals surface area contributed by atoms with Crippen LogP contribution in [0.2, 0.25) is 0 Å². The van der Waals surface area contributed by atoms with Crippen molar-refractivity contribution in [3.05, 3.63) is 59.2 Å². The number of rotatable bonds is 4. The molecule has 0 spiro atoms. The fourth-order valence-electron chi connectivity index (χ4n) is 2.04. The number of hydrogen-bond acceptors (Lipinski definition) is 4. The first-order valence-electron chi connectivity index (χ1n) is 6.63. The number of carbonyl (C=O) groups is 1. The van der Waals surface area contributed by atoms with E-state index in [1.807, 2.05) is 19.9 Å². The molecule has 0 aliphatic carbocycles. The van der Waals surface area contributed by atoms with Gasteiger partial charge in [-0.05, 0) is 43.2 Å². The number of hydrogen-bond donors (Lipinski definition) is 1. The molecule has 2 aromatic rings. The van der Waals surface area contributed by atoms with E-state index < -0.39 is 16.0 Å².